The minimum atomic E-state index is -0.633. The molecule has 4 aliphatic heterocycles. The molecule has 5 aliphatic carbocycles. The zero-order valence-corrected chi connectivity index (χ0v) is 33.4. The van der Waals surface area contributed by atoms with E-state index in [1.807, 2.05) is 0 Å². The summed E-state index contributed by atoms with van der Waals surface area (Å²) in [7, 11) is 0. The van der Waals surface area contributed by atoms with Gasteiger partial charge in [-0.2, -0.15) is 0 Å². The first-order valence-corrected chi connectivity index (χ1v) is 22.8. The molecule has 7 fully saturated rings. The summed E-state index contributed by atoms with van der Waals surface area (Å²) in [6.45, 7) is 0. The van der Waals surface area contributed by atoms with Gasteiger partial charge in [0.2, 0.25) is 0 Å². The molecule has 0 amide bonds. The molecular formula is C56H48O4. The molecule has 15 rings (SSSR count). The number of ether oxygens (including phenoxy) is 2. The van der Waals surface area contributed by atoms with Crippen molar-refractivity contribution in [3.8, 4) is 0 Å². The van der Waals surface area contributed by atoms with Gasteiger partial charge in [-0.1, -0.05) is 170 Å². The minimum absolute atomic E-state index is 0.0105. The molecule has 5 saturated carbocycles. The van der Waals surface area contributed by atoms with Crippen LogP contribution < -0.4 is 0 Å². The lowest BCUT2D eigenvalue weighted by Crippen LogP contribution is -2.63. The summed E-state index contributed by atoms with van der Waals surface area (Å²) in [6, 6.07) is 62.0. The molecule has 0 spiro atoms. The van der Waals surface area contributed by atoms with Gasteiger partial charge >= 0.3 is 0 Å². The van der Waals surface area contributed by atoms with Gasteiger partial charge in [0, 0.05) is 23.7 Å². The van der Waals surface area contributed by atoms with Crippen LogP contribution in [-0.4, -0.2) is 22.4 Å². The van der Waals surface area contributed by atoms with Crippen LogP contribution in [0.4, 0.5) is 0 Å². The minimum Gasteiger partial charge on any atom is -0.393 e. The molecule has 60 heavy (non-hydrogen) atoms. The summed E-state index contributed by atoms with van der Waals surface area (Å²) < 4.78 is 15.9. The van der Waals surface area contributed by atoms with Crippen LogP contribution in [0.25, 0.3) is 0 Å². The van der Waals surface area contributed by atoms with E-state index in [9.17, 15) is 10.2 Å². The lowest BCUT2D eigenvalue weighted by atomic mass is 9.45. The number of aliphatic hydroxyl groups is 2. The Balaban J connectivity index is 0.916. The number of aliphatic hydroxyl groups excluding tert-OH is 2. The molecule has 9 aliphatic rings. The fourth-order valence-corrected chi connectivity index (χ4v) is 18.0. The zero-order chi connectivity index (χ0) is 39.3. The smallest absolute Gasteiger partial charge is 0.124 e. The molecule has 8 bridgehead atoms. The average Bonchev–Trinajstić information content (AvgIpc) is 4.20. The molecule has 4 heteroatoms. The lowest BCUT2D eigenvalue weighted by molar-refractivity contribution is -0.182. The Morgan fingerprint density at radius 2 is 0.533 bits per heavy atom. The number of hydrogen-bond donors (Lipinski definition) is 2. The zero-order valence-electron chi connectivity index (χ0n) is 33.4. The molecule has 0 aromatic heterocycles. The molecule has 2 N–H and O–H groups in total. The van der Waals surface area contributed by atoms with E-state index in [4.69, 9.17) is 9.47 Å². The van der Waals surface area contributed by atoms with Gasteiger partial charge in [0.1, 0.15) is 22.4 Å². The van der Waals surface area contributed by atoms with Crippen LogP contribution in [0.15, 0.2) is 170 Å². The Morgan fingerprint density at radius 3 is 0.767 bits per heavy atom. The highest BCUT2D eigenvalue weighted by molar-refractivity contribution is 5.61. The van der Waals surface area contributed by atoms with Gasteiger partial charge in [-0.3, -0.25) is 0 Å². The highest BCUT2D eigenvalue weighted by atomic mass is 16.5. The quantitative estimate of drug-likeness (QED) is 0.187. The van der Waals surface area contributed by atoms with Crippen molar-refractivity contribution in [1.29, 1.82) is 0 Å². The van der Waals surface area contributed by atoms with Gasteiger partial charge in [-0.15, -0.1) is 0 Å². The van der Waals surface area contributed by atoms with Gasteiger partial charge in [-0.25, -0.2) is 0 Å². The Labute approximate surface area is 351 Å². The molecule has 296 valence electrons. The summed E-state index contributed by atoms with van der Waals surface area (Å²) in [5.41, 5.74) is 7.46. The molecule has 4 heterocycles. The second-order valence-electron chi connectivity index (χ2n) is 20.2. The van der Waals surface area contributed by atoms with Crippen LogP contribution in [-0.2, 0) is 31.9 Å². The predicted octanol–water partition coefficient (Wildman–Crippen LogP) is 9.41. The summed E-state index contributed by atoms with van der Waals surface area (Å²) in [4.78, 5) is 0. The molecule has 18 atom stereocenters. The first-order chi connectivity index (χ1) is 29.6. The van der Waals surface area contributed by atoms with Crippen molar-refractivity contribution in [2.75, 3.05) is 0 Å². The fraction of sp³-hybridized carbons (Fsp3) is 0.357. The fourth-order valence-electron chi connectivity index (χ4n) is 18.0. The highest BCUT2D eigenvalue weighted by Crippen LogP contribution is 2.84. The van der Waals surface area contributed by atoms with Gasteiger partial charge in [0.15, 0.2) is 0 Å². The Bertz CT molecular complexity index is 2350. The summed E-state index contributed by atoms with van der Waals surface area (Å²) in [5.74, 6) is 1.66. The molecule has 4 nitrogen and oxygen atoms in total. The van der Waals surface area contributed by atoms with E-state index in [-0.39, 0.29) is 71.0 Å². The summed E-state index contributed by atoms with van der Waals surface area (Å²) in [5, 5.41) is 26.9. The van der Waals surface area contributed by atoms with Crippen molar-refractivity contribution in [2.45, 2.75) is 47.5 Å². The van der Waals surface area contributed by atoms with Gasteiger partial charge < -0.3 is 19.7 Å². The second kappa shape index (κ2) is 11.2. The van der Waals surface area contributed by atoms with Crippen molar-refractivity contribution in [3.05, 3.63) is 214 Å². The number of fused-ring (bicyclic) bond motifs is 30. The van der Waals surface area contributed by atoms with Crippen molar-refractivity contribution in [1.82, 2.24) is 0 Å². The van der Waals surface area contributed by atoms with E-state index in [0.717, 1.165) is 12.8 Å². The lowest BCUT2D eigenvalue weighted by Gasteiger charge is -2.59. The monoisotopic (exact) mass is 784 g/mol. The topological polar surface area (TPSA) is 58.9 Å². The van der Waals surface area contributed by atoms with Crippen LogP contribution in [0, 0.1) is 71.0 Å². The van der Waals surface area contributed by atoms with E-state index in [1.165, 1.54) is 44.5 Å². The maximum atomic E-state index is 13.5. The highest BCUT2D eigenvalue weighted by Gasteiger charge is 2.85. The van der Waals surface area contributed by atoms with Crippen LogP contribution in [0.5, 0.6) is 0 Å². The van der Waals surface area contributed by atoms with Gasteiger partial charge in [-0.05, 0) is 105 Å². The predicted molar refractivity (Wildman–Crippen MR) is 227 cm³/mol. The number of hydrogen-bond acceptors (Lipinski definition) is 4. The Morgan fingerprint density at radius 1 is 0.317 bits per heavy atom. The van der Waals surface area contributed by atoms with Crippen molar-refractivity contribution in [3.63, 3.8) is 0 Å². The summed E-state index contributed by atoms with van der Waals surface area (Å²) >= 11 is 0. The van der Waals surface area contributed by atoms with E-state index in [2.05, 4.69) is 170 Å². The third kappa shape index (κ3) is 3.44. The van der Waals surface area contributed by atoms with Crippen molar-refractivity contribution >= 4 is 0 Å². The first-order valence-electron chi connectivity index (χ1n) is 22.8. The van der Waals surface area contributed by atoms with E-state index >= 15 is 0 Å². The van der Waals surface area contributed by atoms with E-state index in [0.29, 0.717) is 0 Å². The Kier molecular flexibility index (Phi) is 6.29. The second-order valence-corrected chi connectivity index (χ2v) is 20.2. The maximum Gasteiger partial charge on any atom is 0.124 e. The standard InChI is InChI=1S/C56H48O4/c57-51-43-35-29-36(48-47(35)53(31-17-5-1-6-18-31)39-25-13-14-26-40(39)54(48,59-53)32-19-7-2-8-20-32)44(43)52(58)46-38-30-37(45(46)51)49-50(38)56(34-23-11-4-12-24-34)42-28-16-15-27-41(42)55(49,60-56)33-21-9-3-10-22-33/h1-28,35-38,43-52,57-58H,29-30H2/t35-,36+,37+,38-,43-,44+,45+,46-,47-,48+,49+,50-,51?,52?,53+,54-,55-,56+. The van der Waals surface area contributed by atoms with Gasteiger partial charge in [0.05, 0.1) is 12.2 Å². The van der Waals surface area contributed by atoms with Crippen LogP contribution in [0.3, 0.4) is 0 Å². The van der Waals surface area contributed by atoms with Gasteiger partial charge in [0.25, 0.3) is 0 Å². The third-order valence-electron chi connectivity index (χ3n) is 18.9. The molecule has 2 saturated heterocycles. The molecule has 2 unspecified atom stereocenters. The molecule has 6 aromatic carbocycles. The number of rotatable bonds is 4. The van der Waals surface area contributed by atoms with Crippen molar-refractivity contribution in [2.24, 2.45) is 71.0 Å². The summed E-state index contributed by atoms with van der Waals surface area (Å²) in [6.07, 6.45) is 1.05. The average molecular weight is 785 g/mol. The normalized spacial score (nSPS) is 45.8. The van der Waals surface area contributed by atoms with Crippen LogP contribution >= 0.6 is 0 Å². The van der Waals surface area contributed by atoms with E-state index < -0.39 is 34.6 Å². The largest absolute Gasteiger partial charge is 0.393 e. The first kappa shape index (κ1) is 33.8. The molecule has 0 radical (unpaired) electrons. The SMILES string of the molecule is OC1[C@@H]2[C@H]3C[C@@H]([C@@H]2C(O)[C@@H]2[C@H]4C[C@@H]([C@H]12)[C@H]1[C@@H]4[C@@]2(c4ccccc4)O[C@]1(c1ccccc1)c1ccccc12)[C@H]1[C@@H]3[C@@]2(c3ccccc3)O[C@]1(c1ccccc1)c1ccccc12. The van der Waals surface area contributed by atoms with Crippen LogP contribution in [0.1, 0.15) is 57.3 Å². The Hall–Kier alpha value is -4.84. The van der Waals surface area contributed by atoms with E-state index in [1.54, 1.807) is 0 Å². The molecule has 6 aromatic rings. The molecular weight excluding hydrogens is 737 g/mol. The maximum absolute atomic E-state index is 13.5. The van der Waals surface area contributed by atoms with Crippen molar-refractivity contribution < 1.29 is 19.7 Å². The third-order valence-corrected chi connectivity index (χ3v) is 18.9. The number of benzene rings is 6. The van der Waals surface area contributed by atoms with Crippen LogP contribution in [0.2, 0.25) is 0 Å².